The van der Waals surface area contributed by atoms with Gasteiger partial charge in [0.2, 0.25) is 17.6 Å². The predicted molar refractivity (Wildman–Crippen MR) is 97.4 cm³/mol. The van der Waals surface area contributed by atoms with E-state index < -0.39 is 5.82 Å². The minimum absolute atomic E-state index is 0.0164. The van der Waals surface area contributed by atoms with E-state index in [1.807, 2.05) is 18.2 Å². The highest BCUT2D eigenvalue weighted by Crippen LogP contribution is 2.36. The highest BCUT2D eigenvalue weighted by molar-refractivity contribution is 6.31. The summed E-state index contributed by atoms with van der Waals surface area (Å²) in [6.45, 7) is 0.408. The van der Waals surface area contributed by atoms with E-state index in [2.05, 4.69) is 10.1 Å². The quantitative estimate of drug-likeness (QED) is 0.675. The van der Waals surface area contributed by atoms with Gasteiger partial charge in [-0.2, -0.15) is 4.98 Å². The van der Waals surface area contributed by atoms with E-state index in [0.29, 0.717) is 35.3 Å². The summed E-state index contributed by atoms with van der Waals surface area (Å²) in [4.78, 5) is 18.5. The molecule has 1 unspecified atom stereocenters. The first-order valence-corrected chi connectivity index (χ1v) is 8.67. The van der Waals surface area contributed by atoms with Crippen LogP contribution in [0.1, 0.15) is 18.2 Å². The standard InChI is InChI=1S/C19H15ClFN3O3/c1-26-16-5-3-2-4-15(16)24-10-12(9-17(24)25)19-22-18(23-27-19)11-6-7-14(21)13(20)8-11/h2-8,12H,9-10H2,1H3. The summed E-state index contributed by atoms with van der Waals surface area (Å²) in [6, 6.07) is 11.5. The molecule has 27 heavy (non-hydrogen) atoms. The molecule has 1 aliphatic rings. The third-order valence-electron chi connectivity index (χ3n) is 4.47. The van der Waals surface area contributed by atoms with Crippen molar-refractivity contribution >= 4 is 23.2 Å². The van der Waals surface area contributed by atoms with Gasteiger partial charge in [0.05, 0.1) is 23.7 Å². The first kappa shape index (κ1) is 17.5. The number of ether oxygens (including phenoxy) is 1. The number of amides is 1. The molecule has 0 radical (unpaired) electrons. The average molecular weight is 388 g/mol. The Bertz CT molecular complexity index is 1010. The highest BCUT2D eigenvalue weighted by Gasteiger charge is 2.36. The molecular formula is C19H15ClFN3O3. The van der Waals surface area contributed by atoms with Gasteiger partial charge >= 0.3 is 0 Å². The molecule has 2 aromatic carbocycles. The summed E-state index contributed by atoms with van der Waals surface area (Å²) < 4.78 is 24.0. The number of carbonyl (C=O) groups excluding carboxylic acids is 1. The van der Waals surface area contributed by atoms with E-state index in [-0.39, 0.29) is 23.3 Å². The number of aromatic nitrogens is 2. The third kappa shape index (κ3) is 3.26. The number of hydrogen-bond donors (Lipinski definition) is 0. The summed E-state index contributed by atoms with van der Waals surface area (Å²) in [5.41, 5.74) is 1.25. The molecule has 8 heteroatoms. The van der Waals surface area contributed by atoms with E-state index in [1.54, 1.807) is 18.1 Å². The molecule has 0 saturated carbocycles. The SMILES string of the molecule is COc1ccccc1N1CC(c2nc(-c3ccc(F)c(Cl)c3)no2)CC1=O. The molecule has 1 aliphatic heterocycles. The lowest BCUT2D eigenvalue weighted by Gasteiger charge is -2.18. The highest BCUT2D eigenvalue weighted by atomic mass is 35.5. The zero-order valence-electron chi connectivity index (χ0n) is 14.4. The Labute approximate surface area is 159 Å². The topological polar surface area (TPSA) is 68.5 Å². The zero-order valence-corrected chi connectivity index (χ0v) is 15.1. The second-order valence-electron chi connectivity index (χ2n) is 6.16. The number of para-hydroxylation sites is 2. The van der Waals surface area contributed by atoms with Crippen molar-refractivity contribution in [3.8, 4) is 17.1 Å². The first-order chi connectivity index (χ1) is 13.1. The maximum Gasteiger partial charge on any atom is 0.232 e. The molecule has 0 spiro atoms. The van der Waals surface area contributed by atoms with Gasteiger partial charge in [0, 0.05) is 18.5 Å². The molecule has 4 rings (SSSR count). The molecule has 6 nitrogen and oxygen atoms in total. The number of carbonyl (C=O) groups is 1. The fourth-order valence-corrected chi connectivity index (χ4v) is 3.29. The molecule has 1 atom stereocenters. The van der Waals surface area contributed by atoms with Crippen LogP contribution in [0.3, 0.4) is 0 Å². The molecule has 138 valence electrons. The minimum atomic E-state index is -0.516. The maximum atomic E-state index is 13.3. The van der Waals surface area contributed by atoms with Crippen molar-refractivity contribution < 1.29 is 18.4 Å². The Kier molecular flexibility index (Phi) is 4.53. The van der Waals surface area contributed by atoms with Gasteiger partial charge in [0.1, 0.15) is 11.6 Å². The van der Waals surface area contributed by atoms with Crippen LogP contribution in [-0.2, 0) is 4.79 Å². The van der Waals surface area contributed by atoms with Gasteiger partial charge in [0.15, 0.2) is 0 Å². The first-order valence-electron chi connectivity index (χ1n) is 8.29. The van der Waals surface area contributed by atoms with Crippen molar-refractivity contribution in [3.05, 3.63) is 59.2 Å². The molecule has 1 fully saturated rings. The fourth-order valence-electron chi connectivity index (χ4n) is 3.11. The van der Waals surface area contributed by atoms with Gasteiger partial charge in [-0.3, -0.25) is 4.79 Å². The lowest BCUT2D eigenvalue weighted by molar-refractivity contribution is -0.117. The largest absolute Gasteiger partial charge is 0.495 e. The monoisotopic (exact) mass is 387 g/mol. The maximum absolute atomic E-state index is 13.3. The Morgan fingerprint density at radius 1 is 1.30 bits per heavy atom. The number of methoxy groups -OCH3 is 1. The summed E-state index contributed by atoms with van der Waals surface area (Å²) >= 11 is 5.81. The van der Waals surface area contributed by atoms with Crippen LogP contribution in [0.4, 0.5) is 10.1 Å². The smallest absolute Gasteiger partial charge is 0.232 e. The normalized spacial score (nSPS) is 16.8. The molecule has 0 aliphatic carbocycles. The zero-order chi connectivity index (χ0) is 19.0. The summed E-state index contributed by atoms with van der Waals surface area (Å²) in [7, 11) is 1.56. The fraction of sp³-hybridized carbons (Fsp3) is 0.211. The second kappa shape index (κ2) is 7.00. The Morgan fingerprint density at radius 2 is 2.11 bits per heavy atom. The van der Waals surface area contributed by atoms with Crippen molar-refractivity contribution in [2.45, 2.75) is 12.3 Å². The molecule has 1 saturated heterocycles. The molecule has 1 amide bonds. The molecule has 0 bridgehead atoms. The van der Waals surface area contributed by atoms with Gasteiger partial charge in [-0.1, -0.05) is 28.9 Å². The van der Waals surface area contributed by atoms with Crippen molar-refractivity contribution in [1.29, 1.82) is 0 Å². The van der Waals surface area contributed by atoms with Crippen LogP contribution in [0.15, 0.2) is 47.0 Å². The summed E-state index contributed by atoms with van der Waals surface area (Å²) in [5.74, 6) is 0.483. The van der Waals surface area contributed by atoms with Crippen LogP contribution in [-0.4, -0.2) is 29.7 Å². The predicted octanol–water partition coefficient (Wildman–Crippen LogP) is 4.06. The molecule has 3 aromatic rings. The van der Waals surface area contributed by atoms with Crippen LogP contribution in [0, 0.1) is 5.82 Å². The number of anilines is 1. The second-order valence-corrected chi connectivity index (χ2v) is 6.57. The van der Waals surface area contributed by atoms with Crippen molar-refractivity contribution in [3.63, 3.8) is 0 Å². The van der Waals surface area contributed by atoms with Crippen LogP contribution >= 0.6 is 11.6 Å². The molecule has 1 aromatic heterocycles. The van der Waals surface area contributed by atoms with Gasteiger partial charge in [-0.05, 0) is 30.3 Å². The number of hydrogen-bond acceptors (Lipinski definition) is 5. The van der Waals surface area contributed by atoms with Crippen molar-refractivity contribution in [1.82, 2.24) is 10.1 Å². The van der Waals surface area contributed by atoms with Gasteiger partial charge in [0.25, 0.3) is 0 Å². The van der Waals surface area contributed by atoms with Crippen LogP contribution in [0.25, 0.3) is 11.4 Å². The van der Waals surface area contributed by atoms with E-state index in [4.69, 9.17) is 20.9 Å². The van der Waals surface area contributed by atoms with E-state index in [0.717, 1.165) is 0 Å². The minimum Gasteiger partial charge on any atom is -0.495 e. The number of halogens is 2. The average Bonchev–Trinajstić information content (AvgIpc) is 3.31. The van der Waals surface area contributed by atoms with Crippen molar-refractivity contribution in [2.75, 3.05) is 18.6 Å². The Hall–Kier alpha value is -2.93. The van der Waals surface area contributed by atoms with E-state index >= 15 is 0 Å². The van der Waals surface area contributed by atoms with E-state index in [1.165, 1.54) is 18.2 Å². The van der Waals surface area contributed by atoms with Crippen LogP contribution in [0.2, 0.25) is 5.02 Å². The van der Waals surface area contributed by atoms with Gasteiger partial charge in [-0.15, -0.1) is 0 Å². The Balaban J connectivity index is 1.58. The van der Waals surface area contributed by atoms with Crippen molar-refractivity contribution in [2.24, 2.45) is 0 Å². The summed E-state index contributed by atoms with van der Waals surface area (Å²) in [5, 5.41) is 3.92. The van der Waals surface area contributed by atoms with E-state index in [9.17, 15) is 9.18 Å². The van der Waals surface area contributed by atoms with Crippen LogP contribution in [0.5, 0.6) is 5.75 Å². The molecule has 2 heterocycles. The van der Waals surface area contributed by atoms with Crippen LogP contribution < -0.4 is 9.64 Å². The molecular weight excluding hydrogens is 373 g/mol. The number of benzene rings is 2. The third-order valence-corrected chi connectivity index (χ3v) is 4.76. The number of nitrogens with zero attached hydrogens (tertiary/aromatic N) is 3. The molecule has 0 N–H and O–H groups in total. The number of rotatable bonds is 4. The Morgan fingerprint density at radius 3 is 2.89 bits per heavy atom. The summed E-state index contributed by atoms with van der Waals surface area (Å²) in [6.07, 6.45) is 0.254. The van der Waals surface area contributed by atoms with Gasteiger partial charge < -0.3 is 14.2 Å². The lowest BCUT2D eigenvalue weighted by Crippen LogP contribution is -2.24. The lowest BCUT2D eigenvalue weighted by atomic mass is 10.1. The van der Waals surface area contributed by atoms with Gasteiger partial charge in [-0.25, -0.2) is 4.39 Å².